The second-order valence-electron chi connectivity index (χ2n) is 6.41. The molecule has 3 rings (SSSR count). The maximum Gasteiger partial charge on any atom is 0.222 e. The first kappa shape index (κ1) is 18.4. The minimum Gasteiger partial charge on any atom is -0.497 e. The molecule has 1 aromatic heterocycles. The molecule has 7 heteroatoms. The summed E-state index contributed by atoms with van der Waals surface area (Å²) in [6.45, 7) is 3.62. The Labute approximate surface area is 154 Å². The molecule has 0 spiro atoms. The first-order valence-electron chi connectivity index (χ1n) is 8.95. The average Bonchev–Trinajstić information content (AvgIpc) is 3.20. The highest BCUT2D eigenvalue weighted by Gasteiger charge is 2.23. The quantitative estimate of drug-likeness (QED) is 0.747. The van der Waals surface area contributed by atoms with Crippen LogP contribution in [0.2, 0.25) is 0 Å². The van der Waals surface area contributed by atoms with Crippen molar-refractivity contribution < 1.29 is 9.47 Å². The topological polar surface area (TPSA) is 85.5 Å². The van der Waals surface area contributed by atoms with Gasteiger partial charge in [0.25, 0.3) is 0 Å². The molecule has 0 bridgehead atoms. The van der Waals surface area contributed by atoms with Crippen molar-refractivity contribution in [2.45, 2.75) is 25.4 Å². The summed E-state index contributed by atoms with van der Waals surface area (Å²) in [4.78, 5) is 10.7. The third-order valence-corrected chi connectivity index (χ3v) is 4.85. The molecule has 26 heavy (non-hydrogen) atoms. The fourth-order valence-corrected chi connectivity index (χ4v) is 3.42. The largest absolute Gasteiger partial charge is 0.497 e. The number of benzene rings is 1. The molecule has 1 atom stereocenters. The highest BCUT2D eigenvalue weighted by atomic mass is 16.5. The summed E-state index contributed by atoms with van der Waals surface area (Å²) >= 11 is 0. The standard InChI is InChI=1S/C19H27N5O2/c1-25-15-7-5-14(6-8-15)17(24-9-3-4-10-24)12-21-11-16-18(20)22-13-23-19(16)26-2/h5-8,13,17,21H,3-4,9-12H2,1-2H3,(H2,20,22,23). The number of likely N-dealkylation sites (tertiary alicyclic amines) is 1. The molecule has 0 saturated carbocycles. The van der Waals surface area contributed by atoms with Crippen LogP contribution in [0.5, 0.6) is 11.6 Å². The van der Waals surface area contributed by atoms with Crippen molar-refractivity contribution in [3.05, 3.63) is 41.7 Å². The van der Waals surface area contributed by atoms with E-state index < -0.39 is 0 Å². The summed E-state index contributed by atoms with van der Waals surface area (Å²) in [7, 11) is 3.28. The molecule has 1 fully saturated rings. The summed E-state index contributed by atoms with van der Waals surface area (Å²) in [5.41, 5.74) is 8.06. The number of nitrogens with one attached hydrogen (secondary N) is 1. The van der Waals surface area contributed by atoms with E-state index in [0.717, 1.165) is 30.9 Å². The Bertz CT molecular complexity index is 702. The lowest BCUT2D eigenvalue weighted by Gasteiger charge is -2.28. The molecule has 1 aliphatic heterocycles. The average molecular weight is 357 g/mol. The Morgan fingerprint density at radius 1 is 1.12 bits per heavy atom. The van der Waals surface area contributed by atoms with Crippen molar-refractivity contribution in [3.8, 4) is 11.6 Å². The minimum absolute atomic E-state index is 0.306. The van der Waals surface area contributed by atoms with E-state index in [1.165, 1.54) is 24.7 Å². The van der Waals surface area contributed by atoms with Gasteiger partial charge in [0.2, 0.25) is 5.88 Å². The number of nitrogens with zero attached hydrogens (tertiary/aromatic N) is 3. The van der Waals surface area contributed by atoms with Crippen LogP contribution in [-0.4, -0.2) is 48.7 Å². The Kier molecular flexibility index (Phi) is 6.25. The fraction of sp³-hybridized carbons (Fsp3) is 0.474. The van der Waals surface area contributed by atoms with E-state index >= 15 is 0 Å². The number of nitrogens with two attached hydrogens (primary N) is 1. The fourth-order valence-electron chi connectivity index (χ4n) is 3.42. The lowest BCUT2D eigenvalue weighted by Crippen LogP contribution is -2.34. The van der Waals surface area contributed by atoms with E-state index in [1.807, 2.05) is 12.1 Å². The maximum absolute atomic E-state index is 5.98. The molecular formula is C19H27N5O2. The molecule has 1 aromatic carbocycles. The van der Waals surface area contributed by atoms with Crippen molar-refractivity contribution >= 4 is 5.82 Å². The molecule has 140 valence electrons. The van der Waals surface area contributed by atoms with Crippen molar-refractivity contribution in [1.82, 2.24) is 20.2 Å². The number of rotatable bonds is 8. The van der Waals surface area contributed by atoms with Crippen LogP contribution in [0.1, 0.15) is 30.0 Å². The van der Waals surface area contributed by atoms with Crippen molar-refractivity contribution in [2.24, 2.45) is 0 Å². The van der Waals surface area contributed by atoms with Crippen LogP contribution in [0.3, 0.4) is 0 Å². The van der Waals surface area contributed by atoms with Crippen LogP contribution in [0.4, 0.5) is 5.82 Å². The SMILES string of the molecule is COc1ccc(C(CNCc2c(N)ncnc2OC)N2CCCC2)cc1. The smallest absolute Gasteiger partial charge is 0.222 e. The van der Waals surface area contributed by atoms with Crippen LogP contribution in [0.25, 0.3) is 0 Å². The molecule has 1 saturated heterocycles. The number of nitrogen functional groups attached to an aromatic ring is 1. The number of ether oxygens (including phenoxy) is 2. The number of methoxy groups -OCH3 is 2. The molecule has 1 unspecified atom stereocenters. The van der Waals surface area contributed by atoms with Crippen molar-refractivity contribution in [2.75, 3.05) is 39.6 Å². The van der Waals surface area contributed by atoms with Crippen molar-refractivity contribution in [1.29, 1.82) is 0 Å². The van der Waals surface area contributed by atoms with E-state index in [1.54, 1.807) is 14.2 Å². The van der Waals surface area contributed by atoms with Gasteiger partial charge in [0.15, 0.2) is 0 Å². The van der Waals surface area contributed by atoms with Gasteiger partial charge >= 0.3 is 0 Å². The van der Waals surface area contributed by atoms with Gasteiger partial charge in [-0.05, 0) is 43.6 Å². The van der Waals surface area contributed by atoms with E-state index in [-0.39, 0.29) is 0 Å². The van der Waals surface area contributed by atoms with Gasteiger partial charge in [-0.25, -0.2) is 9.97 Å². The molecule has 3 N–H and O–H groups in total. The van der Waals surface area contributed by atoms with Gasteiger partial charge in [0.05, 0.1) is 19.8 Å². The Morgan fingerprint density at radius 3 is 2.50 bits per heavy atom. The summed E-state index contributed by atoms with van der Waals surface area (Å²) in [6.07, 6.45) is 3.92. The van der Waals surface area contributed by atoms with Gasteiger partial charge < -0.3 is 20.5 Å². The van der Waals surface area contributed by atoms with E-state index in [2.05, 4.69) is 32.3 Å². The van der Waals surface area contributed by atoms with Gasteiger partial charge in [-0.1, -0.05) is 12.1 Å². The van der Waals surface area contributed by atoms with Crippen molar-refractivity contribution in [3.63, 3.8) is 0 Å². The van der Waals surface area contributed by atoms with E-state index in [0.29, 0.717) is 24.3 Å². The third kappa shape index (κ3) is 4.23. The lowest BCUT2D eigenvalue weighted by atomic mass is 10.0. The molecule has 7 nitrogen and oxygen atoms in total. The molecule has 0 amide bonds. The van der Waals surface area contributed by atoms with Gasteiger partial charge in [0.1, 0.15) is 17.9 Å². The number of anilines is 1. The monoisotopic (exact) mass is 357 g/mol. The van der Waals surface area contributed by atoms with Gasteiger partial charge in [-0.3, -0.25) is 4.90 Å². The van der Waals surface area contributed by atoms with E-state index in [4.69, 9.17) is 15.2 Å². The zero-order valence-corrected chi connectivity index (χ0v) is 15.4. The predicted octanol–water partition coefficient (Wildman–Crippen LogP) is 2.00. The molecule has 2 aromatic rings. The third-order valence-electron chi connectivity index (χ3n) is 4.85. The Hall–Kier alpha value is -2.38. The summed E-state index contributed by atoms with van der Waals surface area (Å²) < 4.78 is 10.6. The minimum atomic E-state index is 0.306. The predicted molar refractivity (Wildman–Crippen MR) is 101 cm³/mol. The van der Waals surface area contributed by atoms with Crippen LogP contribution in [0, 0.1) is 0 Å². The number of aromatic nitrogens is 2. The second kappa shape index (κ2) is 8.82. The zero-order chi connectivity index (χ0) is 18.4. The van der Waals surface area contributed by atoms with Gasteiger partial charge in [0, 0.05) is 19.1 Å². The molecule has 0 aliphatic carbocycles. The summed E-state index contributed by atoms with van der Waals surface area (Å²) in [5.74, 6) is 1.85. The van der Waals surface area contributed by atoms with Gasteiger partial charge in [-0.2, -0.15) is 0 Å². The first-order chi connectivity index (χ1) is 12.7. The zero-order valence-electron chi connectivity index (χ0n) is 15.4. The molecular weight excluding hydrogens is 330 g/mol. The van der Waals surface area contributed by atoms with Crippen LogP contribution >= 0.6 is 0 Å². The number of hydrogen-bond acceptors (Lipinski definition) is 7. The second-order valence-corrected chi connectivity index (χ2v) is 6.41. The van der Waals surface area contributed by atoms with Gasteiger partial charge in [-0.15, -0.1) is 0 Å². The molecule has 0 radical (unpaired) electrons. The number of hydrogen-bond donors (Lipinski definition) is 2. The summed E-state index contributed by atoms with van der Waals surface area (Å²) in [6, 6.07) is 8.63. The highest BCUT2D eigenvalue weighted by Crippen LogP contribution is 2.27. The molecule has 1 aliphatic rings. The normalized spacial score (nSPS) is 15.8. The maximum atomic E-state index is 5.98. The lowest BCUT2D eigenvalue weighted by molar-refractivity contribution is 0.238. The molecule has 2 heterocycles. The van der Waals surface area contributed by atoms with Crippen LogP contribution in [0.15, 0.2) is 30.6 Å². The van der Waals surface area contributed by atoms with Crippen LogP contribution in [-0.2, 0) is 6.54 Å². The van der Waals surface area contributed by atoms with Crippen LogP contribution < -0.4 is 20.5 Å². The Balaban J connectivity index is 1.70. The first-order valence-corrected chi connectivity index (χ1v) is 8.95. The van der Waals surface area contributed by atoms with E-state index in [9.17, 15) is 0 Å². The highest BCUT2D eigenvalue weighted by molar-refractivity contribution is 5.44. The Morgan fingerprint density at radius 2 is 1.85 bits per heavy atom. The summed E-state index contributed by atoms with van der Waals surface area (Å²) in [5, 5.41) is 3.51.